The third-order valence-electron chi connectivity index (χ3n) is 3.83. The van der Waals surface area contributed by atoms with E-state index in [9.17, 15) is 9.59 Å². The van der Waals surface area contributed by atoms with E-state index < -0.39 is 0 Å². The summed E-state index contributed by atoms with van der Waals surface area (Å²) in [6.45, 7) is 3.20. The quantitative estimate of drug-likeness (QED) is 0.726. The van der Waals surface area contributed by atoms with Gasteiger partial charge in [0.15, 0.2) is 0 Å². The van der Waals surface area contributed by atoms with Crippen LogP contribution in [0.1, 0.15) is 30.1 Å². The molecule has 2 aromatic carbocycles. The SMILES string of the molecule is CCCCNCC(=O)Nc1cccc(C(=O)N(C)c2ccccc2)c1. The molecular weight excluding hydrogens is 314 g/mol. The van der Waals surface area contributed by atoms with E-state index in [-0.39, 0.29) is 18.4 Å². The number of nitrogens with one attached hydrogen (secondary N) is 2. The lowest BCUT2D eigenvalue weighted by atomic mass is 10.1. The van der Waals surface area contributed by atoms with E-state index in [2.05, 4.69) is 17.6 Å². The summed E-state index contributed by atoms with van der Waals surface area (Å²) in [4.78, 5) is 26.2. The van der Waals surface area contributed by atoms with Crippen LogP contribution in [0.4, 0.5) is 11.4 Å². The first kappa shape index (κ1) is 18.7. The summed E-state index contributed by atoms with van der Waals surface area (Å²) in [6.07, 6.45) is 2.14. The fraction of sp³-hybridized carbons (Fsp3) is 0.300. The van der Waals surface area contributed by atoms with Crippen molar-refractivity contribution >= 4 is 23.2 Å². The van der Waals surface area contributed by atoms with Crippen molar-refractivity contribution in [2.45, 2.75) is 19.8 Å². The molecule has 5 heteroatoms. The summed E-state index contributed by atoms with van der Waals surface area (Å²) in [6, 6.07) is 16.4. The number of amides is 2. The number of carbonyl (C=O) groups is 2. The van der Waals surface area contributed by atoms with E-state index in [1.165, 1.54) is 0 Å². The molecule has 0 aliphatic carbocycles. The molecule has 0 aromatic heterocycles. The van der Waals surface area contributed by atoms with Gasteiger partial charge in [0.2, 0.25) is 5.91 Å². The minimum atomic E-state index is -0.122. The van der Waals surface area contributed by atoms with Gasteiger partial charge < -0.3 is 15.5 Å². The summed E-state index contributed by atoms with van der Waals surface area (Å²) in [7, 11) is 1.74. The minimum Gasteiger partial charge on any atom is -0.325 e. The molecule has 2 amide bonds. The lowest BCUT2D eigenvalue weighted by molar-refractivity contribution is -0.115. The number of rotatable bonds is 8. The van der Waals surface area contributed by atoms with Crippen LogP contribution in [-0.2, 0) is 4.79 Å². The number of carbonyl (C=O) groups excluding carboxylic acids is 2. The van der Waals surface area contributed by atoms with Gasteiger partial charge in [0, 0.05) is 24.0 Å². The van der Waals surface area contributed by atoms with Crippen LogP contribution in [0.25, 0.3) is 0 Å². The Morgan fingerprint density at radius 3 is 2.52 bits per heavy atom. The Kier molecular flexibility index (Phi) is 7.16. The highest BCUT2D eigenvalue weighted by atomic mass is 16.2. The number of hydrogen-bond acceptors (Lipinski definition) is 3. The Morgan fingerprint density at radius 2 is 1.80 bits per heavy atom. The fourth-order valence-electron chi connectivity index (χ4n) is 2.40. The van der Waals surface area contributed by atoms with Crippen molar-refractivity contribution in [1.82, 2.24) is 5.32 Å². The number of nitrogens with zero attached hydrogens (tertiary/aromatic N) is 1. The van der Waals surface area contributed by atoms with E-state index >= 15 is 0 Å². The molecule has 25 heavy (non-hydrogen) atoms. The molecule has 2 aromatic rings. The predicted octanol–water partition coefficient (Wildman–Crippen LogP) is 3.29. The topological polar surface area (TPSA) is 61.4 Å². The van der Waals surface area contributed by atoms with Gasteiger partial charge >= 0.3 is 0 Å². The molecule has 0 fully saturated rings. The van der Waals surface area contributed by atoms with Crippen molar-refractivity contribution in [3.63, 3.8) is 0 Å². The average molecular weight is 339 g/mol. The summed E-state index contributed by atoms with van der Waals surface area (Å²) in [5, 5.41) is 5.92. The first-order valence-electron chi connectivity index (χ1n) is 8.55. The normalized spacial score (nSPS) is 10.3. The monoisotopic (exact) mass is 339 g/mol. The molecule has 0 saturated heterocycles. The Labute approximate surface area is 149 Å². The maximum Gasteiger partial charge on any atom is 0.258 e. The molecule has 5 nitrogen and oxygen atoms in total. The van der Waals surface area contributed by atoms with Crippen LogP contribution in [0.3, 0.4) is 0 Å². The molecule has 132 valence electrons. The van der Waals surface area contributed by atoms with E-state index in [1.54, 1.807) is 36.2 Å². The second-order valence-electron chi connectivity index (χ2n) is 5.86. The Hall–Kier alpha value is -2.66. The smallest absolute Gasteiger partial charge is 0.258 e. The van der Waals surface area contributed by atoms with E-state index in [0.717, 1.165) is 25.1 Å². The zero-order valence-electron chi connectivity index (χ0n) is 14.8. The standard InChI is InChI=1S/C20H25N3O2/c1-3-4-13-21-15-19(24)22-17-10-8-9-16(14-17)20(25)23(2)18-11-6-5-7-12-18/h5-12,14,21H,3-4,13,15H2,1-2H3,(H,22,24). The van der Waals surface area contributed by atoms with Crippen molar-refractivity contribution in [2.24, 2.45) is 0 Å². The number of unbranched alkanes of at least 4 members (excludes halogenated alkanes) is 1. The number of anilines is 2. The highest BCUT2D eigenvalue weighted by Crippen LogP contribution is 2.17. The van der Waals surface area contributed by atoms with Crippen LogP contribution < -0.4 is 15.5 Å². The Morgan fingerprint density at radius 1 is 1.04 bits per heavy atom. The van der Waals surface area contributed by atoms with E-state index in [0.29, 0.717) is 11.3 Å². The Balaban J connectivity index is 1.98. The predicted molar refractivity (Wildman–Crippen MR) is 102 cm³/mol. The van der Waals surface area contributed by atoms with Gasteiger partial charge in [-0.2, -0.15) is 0 Å². The minimum absolute atomic E-state index is 0.114. The molecule has 0 saturated carbocycles. The summed E-state index contributed by atoms with van der Waals surface area (Å²) in [5.41, 5.74) is 1.97. The molecule has 2 N–H and O–H groups in total. The molecule has 0 radical (unpaired) electrons. The molecule has 0 atom stereocenters. The zero-order chi connectivity index (χ0) is 18.1. The second kappa shape index (κ2) is 9.59. The van der Waals surface area contributed by atoms with Crippen LogP contribution >= 0.6 is 0 Å². The van der Waals surface area contributed by atoms with E-state index in [4.69, 9.17) is 0 Å². The van der Waals surface area contributed by atoms with Gasteiger partial charge in [-0.25, -0.2) is 0 Å². The lowest BCUT2D eigenvalue weighted by Gasteiger charge is -2.17. The molecular formula is C20H25N3O2. The molecule has 0 aliphatic heterocycles. The van der Waals surface area contributed by atoms with Gasteiger partial charge in [-0.15, -0.1) is 0 Å². The summed E-state index contributed by atoms with van der Waals surface area (Å²) >= 11 is 0. The van der Waals surface area contributed by atoms with Crippen LogP contribution in [0, 0.1) is 0 Å². The van der Waals surface area contributed by atoms with Crippen molar-refractivity contribution in [2.75, 3.05) is 30.4 Å². The van der Waals surface area contributed by atoms with Crippen LogP contribution in [0.15, 0.2) is 54.6 Å². The number of benzene rings is 2. The van der Waals surface area contributed by atoms with Gasteiger partial charge in [-0.3, -0.25) is 9.59 Å². The third-order valence-corrected chi connectivity index (χ3v) is 3.83. The third kappa shape index (κ3) is 5.72. The summed E-state index contributed by atoms with van der Waals surface area (Å²) in [5.74, 6) is -0.236. The highest BCUT2D eigenvalue weighted by molar-refractivity contribution is 6.06. The largest absolute Gasteiger partial charge is 0.325 e. The molecule has 0 heterocycles. The second-order valence-corrected chi connectivity index (χ2v) is 5.86. The van der Waals surface area contributed by atoms with Gasteiger partial charge in [-0.1, -0.05) is 37.6 Å². The average Bonchev–Trinajstić information content (AvgIpc) is 2.65. The Bertz CT molecular complexity index is 701. The number of hydrogen-bond donors (Lipinski definition) is 2. The summed E-state index contributed by atoms with van der Waals surface area (Å²) < 4.78 is 0. The van der Waals surface area contributed by atoms with Crippen molar-refractivity contribution in [3.8, 4) is 0 Å². The first-order valence-corrected chi connectivity index (χ1v) is 8.55. The van der Waals surface area contributed by atoms with Crippen molar-refractivity contribution in [3.05, 3.63) is 60.2 Å². The van der Waals surface area contributed by atoms with Crippen molar-refractivity contribution in [1.29, 1.82) is 0 Å². The highest BCUT2D eigenvalue weighted by Gasteiger charge is 2.14. The lowest BCUT2D eigenvalue weighted by Crippen LogP contribution is -2.29. The molecule has 0 spiro atoms. The van der Waals surface area contributed by atoms with Gasteiger partial charge in [-0.05, 0) is 43.3 Å². The molecule has 0 aliphatic rings. The molecule has 2 rings (SSSR count). The molecule has 0 unspecified atom stereocenters. The van der Waals surface area contributed by atoms with Crippen LogP contribution in [0.5, 0.6) is 0 Å². The first-order chi connectivity index (χ1) is 12.1. The van der Waals surface area contributed by atoms with Crippen LogP contribution in [-0.4, -0.2) is 32.0 Å². The number of para-hydroxylation sites is 1. The maximum atomic E-state index is 12.6. The van der Waals surface area contributed by atoms with Gasteiger partial charge in [0.25, 0.3) is 5.91 Å². The fourth-order valence-corrected chi connectivity index (χ4v) is 2.40. The maximum absolute atomic E-state index is 12.6. The molecule has 0 bridgehead atoms. The van der Waals surface area contributed by atoms with Crippen LogP contribution in [0.2, 0.25) is 0 Å². The van der Waals surface area contributed by atoms with Gasteiger partial charge in [0.05, 0.1) is 6.54 Å². The van der Waals surface area contributed by atoms with Gasteiger partial charge in [0.1, 0.15) is 0 Å². The van der Waals surface area contributed by atoms with E-state index in [1.807, 2.05) is 30.3 Å². The van der Waals surface area contributed by atoms with Crippen molar-refractivity contribution < 1.29 is 9.59 Å². The zero-order valence-corrected chi connectivity index (χ0v) is 14.8.